The Morgan fingerprint density at radius 3 is 2.80 bits per heavy atom. The van der Waals surface area contributed by atoms with Gasteiger partial charge >= 0.3 is 0 Å². The van der Waals surface area contributed by atoms with E-state index in [2.05, 4.69) is 13.7 Å². The molecule has 4 rings (SSSR count). The van der Waals surface area contributed by atoms with E-state index in [1.165, 1.54) is 0 Å². The number of carbonyl (C=O) groups excluding carboxylic acids is 1. The van der Waals surface area contributed by atoms with Gasteiger partial charge in [0.2, 0.25) is 5.88 Å². The number of rotatable bonds is 3. The van der Waals surface area contributed by atoms with E-state index in [1.807, 2.05) is 17.0 Å². The van der Waals surface area contributed by atoms with E-state index in [0.29, 0.717) is 29.6 Å². The molecule has 0 spiro atoms. The molecule has 0 atom stereocenters. The van der Waals surface area contributed by atoms with Crippen molar-refractivity contribution in [3.05, 3.63) is 47.1 Å². The number of amides is 1. The number of aromatic nitrogens is 3. The number of hydrogen-bond acceptors (Lipinski definition) is 6. The van der Waals surface area contributed by atoms with Crippen molar-refractivity contribution in [2.45, 2.75) is 18.9 Å². The lowest BCUT2D eigenvalue weighted by Crippen LogP contribution is -2.41. The molecule has 6 nitrogen and oxygen atoms in total. The summed E-state index contributed by atoms with van der Waals surface area (Å²) >= 11 is 7.23. The molecule has 0 radical (unpaired) electrons. The standard InChI is InChI=1S/C17H15ClN4O2S/c18-13-2-1-7-19-16(13)24-12-5-8-22(9-6-12)17(23)11-3-4-14-15(10-11)21-25-20-14/h1-4,7,10,12H,5-6,8-9H2. The Kier molecular flexibility index (Phi) is 4.50. The van der Waals surface area contributed by atoms with Gasteiger partial charge in [0.05, 0.1) is 11.7 Å². The van der Waals surface area contributed by atoms with E-state index in [-0.39, 0.29) is 12.0 Å². The predicted molar refractivity (Wildman–Crippen MR) is 96.2 cm³/mol. The van der Waals surface area contributed by atoms with E-state index in [0.717, 1.165) is 35.6 Å². The second-order valence-corrected chi connectivity index (χ2v) is 6.80. The third kappa shape index (κ3) is 3.43. The van der Waals surface area contributed by atoms with Crippen LogP contribution in [0.15, 0.2) is 36.5 Å². The van der Waals surface area contributed by atoms with Gasteiger partial charge in [-0.05, 0) is 30.3 Å². The molecule has 1 fully saturated rings. The molecule has 128 valence electrons. The van der Waals surface area contributed by atoms with Gasteiger partial charge in [-0.1, -0.05) is 11.6 Å². The van der Waals surface area contributed by atoms with Gasteiger partial charge in [0.25, 0.3) is 5.91 Å². The molecule has 3 heterocycles. The number of carbonyl (C=O) groups is 1. The number of hydrogen-bond donors (Lipinski definition) is 0. The van der Waals surface area contributed by atoms with Gasteiger partial charge < -0.3 is 9.64 Å². The maximum Gasteiger partial charge on any atom is 0.253 e. The van der Waals surface area contributed by atoms with Crippen LogP contribution in [-0.2, 0) is 0 Å². The van der Waals surface area contributed by atoms with Crippen LogP contribution in [0, 0.1) is 0 Å². The molecule has 1 saturated heterocycles. The van der Waals surface area contributed by atoms with Crippen LogP contribution in [-0.4, -0.2) is 43.7 Å². The van der Waals surface area contributed by atoms with Crippen LogP contribution in [0.25, 0.3) is 11.0 Å². The fraction of sp³-hybridized carbons (Fsp3) is 0.294. The Morgan fingerprint density at radius 2 is 2.00 bits per heavy atom. The molecule has 0 unspecified atom stereocenters. The predicted octanol–water partition coefficient (Wildman–Crippen LogP) is 3.42. The van der Waals surface area contributed by atoms with Gasteiger partial charge in [-0.2, -0.15) is 8.75 Å². The highest BCUT2D eigenvalue weighted by atomic mass is 35.5. The van der Waals surface area contributed by atoms with Crippen LogP contribution in [0.4, 0.5) is 0 Å². The number of benzene rings is 1. The molecule has 0 bridgehead atoms. The second kappa shape index (κ2) is 6.93. The van der Waals surface area contributed by atoms with Crippen LogP contribution < -0.4 is 4.74 Å². The van der Waals surface area contributed by atoms with Gasteiger partial charge in [0.1, 0.15) is 22.2 Å². The number of piperidine rings is 1. The van der Waals surface area contributed by atoms with Crippen molar-refractivity contribution in [3.63, 3.8) is 0 Å². The van der Waals surface area contributed by atoms with E-state index in [1.54, 1.807) is 24.4 Å². The maximum absolute atomic E-state index is 12.7. The molecule has 1 aliphatic rings. The van der Waals surface area contributed by atoms with Gasteiger partial charge in [-0.25, -0.2) is 4.98 Å². The average molecular weight is 375 g/mol. The monoisotopic (exact) mass is 374 g/mol. The van der Waals surface area contributed by atoms with Crippen molar-refractivity contribution < 1.29 is 9.53 Å². The summed E-state index contributed by atoms with van der Waals surface area (Å²) in [6.45, 7) is 1.28. The number of halogens is 1. The number of pyridine rings is 1. The van der Waals surface area contributed by atoms with Gasteiger partial charge in [0.15, 0.2) is 0 Å². The van der Waals surface area contributed by atoms with Crippen molar-refractivity contribution >= 4 is 40.3 Å². The Balaban J connectivity index is 1.39. The summed E-state index contributed by atoms with van der Waals surface area (Å²) in [5, 5.41) is 0.506. The van der Waals surface area contributed by atoms with Gasteiger partial charge in [0, 0.05) is 37.7 Å². The first-order valence-corrected chi connectivity index (χ1v) is 9.10. The van der Waals surface area contributed by atoms with Crippen LogP contribution in [0.2, 0.25) is 5.02 Å². The largest absolute Gasteiger partial charge is 0.473 e. The number of nitrogens with zero attached hydrogens (tertiary/aromatic N) is 4. The zero-order chi connectivity index (χ0) is 17.2. The zero-order valence-corrected chi connectivity index (χ0v) is 14.8. The molecule has 0 saturated carbocycles. The van der Waals surface area contributed by atoms with E-state index < -0.39 is 0 Å². The molecule has 1 aliphatic heterocycles. The Labute approximate surface area is 153 Å². The topological polar surface area (TPSA) is 68.2 Å². The lowest BCUT2D eigenvalue weighted by atomic mass is 10.1. The van der Waals surface area contributed by atoms with E-state index in [9.17, 15) is 4.79 Å². The highest BCUT2D eigenvalue weighted by Crippen LogP contribution is 2.25. The second-order valence-electron chi connectivity index (χ2n) is 5.87. The van der Waals surface area contributed by atoms with E-state index in [4.69, 9.17) is 16.3 Å². The first-order valence-electron chi connectivity index (χ1n) is 7.99. The minimum Gasteiger partial charge on any atom is -0.473 e. The minimum atomic E-state index is 0.0154. The lowest BCUT2D eigenvalue weighted by molar-refractivity contribution is 0.0588. The van der Waals surface area contributed by atoms with Crippen molar-refractivity contribution in [3.8, 4) is 5.88 Å². The van der Waals surface area contributed by atoms with Crippen molar-refractivity contribution in [1.29, 1.82) is 0 Å². The zero-order valence-electron chi connectivity index (χ0n) is 13.3. The summed E-state index contributed by atoms with van der Waals surface area (Å²) < 4.78 is 14.2. The van der Waals surface area contributed by atoms with Crippen molar-refractivity contribution in [2.24, 2.45) is 0 Å². The SMILES string of the molecule is O=C(c1ccc2nsnc2c1)N1CCC(Oc2ncccc2Cl)CC1. The molecule has 8 heteroatoms. The maximum atomic E-state index is 12.7. The normalized spacial score (nSPS) is 15.5. The Hall–Kier alpha value is -2.25. The van der Waals surface area contributed by atoms with Crippen LogP contribution in [0.1, 0.15) is 23.2 Å². The van der Waals surface area contributed by atoms with Crippen LogP contribution in [0.3, 0.4) is 0 Å². The fourth-order valence-electron chi connectivity index (χ4n) is 2.89. The molecule has 0 N–H and O–H groups in total. The van der Waals surface area contributed by atoms with Gasteiger partial charge in [-0.15, -0.1) is 0 Å². The summed E-state index contributed by atoms with van der Waals surface area (Å²) in [6, 6.07) is 8.97. The van der Waals surface area contributed by atoms with Crippen molar-refractivity contribution in [2.75, 3.05) is 13.1 Å². The summed E-state index contributed by atoms with van der Waals surface area (Å²) in [6.07, 6.45) is 3.17. The molecule has 1 amide bonds. The highest BCUT2D eigenvalue weighted by molar-refractivity contribution is 7.00. The van der Waals surface area contributed by atoms with Gasteiger partial charge in [-0.3, -0.25) is 4.79 Å². The molecule has 25 heavy (non-hydrogen) atoms. The van der Waals surface area contributed by atoms with E-state index >= 15 is 0 Å². The number of likely N-dealkylation sites (tertiary alicyclic amines) is 1. The first-order chi connectivity index (χ1) is 12.2. The smallest absolute Gasteiger partial charge is 0.253 e. The number of ether oxygens (including phenoxy) is 1. The molecule has 3 aromatic rings. The van der Waals surface area contributed by atoms with Crippen LogP contribution in [0.5, 0.6) is 5.88 Å². The highest BCUT2D eigenvalue weighted by Gasteiger charge is 2.25. The number of fused-ring (bicyclic) bond motifs is 1. The molecular weight excluding hydrogens is 360 g/mol. The summed E-state index contributed by atoms with van der Waals surface area (Å²) in [5.41, 5.74) is 2.23. The quantitative estimate of drug-likeness (QED) is 0.702. The third-order valence-electron chi connectivity index (χ3n) is 4.23. The summed E-state index contributed by atoms with van der Waals surface area (Å²) in [4.78, 5) is 18.7. The molecule has 2 aromatic heterocycles. The average Bonchev–Trinajstić information content (AvgIpc) is 3.11. The summed E-state index contributed by atoms with van der Waals surface area (Å²) in [7, 11) is 0. The third-order valence-corrected chi connectivity index (χ3v) is 5.08. The first kappa shape index (κ1) is 16.2. The lowest BCUT2D eigenvalue weighted by Gasteiger charge is -2.32. The van der Waals surface area contributed by atoms with Crippen LogP contribution >= 0.6 is 23.3 Å². The molecular formula is C17H15ClN4O2S. The Bertz CT molecular complexity index is 908. The minimum absolute atomic E-state index is 0.0154. The molecule has 1 aromatic carbocycles. The van der Waals surface area contributed by atoms with Crippen molar-refractivity contribution in [1.82, 2.24) is 18.6 Å². The Morgan fingerprint density at radius 1 is 1.20 bits per heavy atom. The fourth-order valence-corrected chi connectivity index (χ4v) is 3.57. The summed E-state index contributed by atoms with van der Waals surface area (Å²) in [5.74, 6) is 0.472. The molecule has 0 aliphatic carbocycles.